The summed E-state index contributed by atoms with van der Waals surface area (Å²) in [6, 6.07) is 15.4. The van der Waals surface area contributed by atoms with Gasteiger partial charge in [0, 0.05) is 0 Å². The van der Waals surface area contributed by atoms with Crippen LogP contribution in [0.15, 0.2) is 49.0 Å². The molecule has 0 amide bonds. The third-order valence-electron chi connectivity index (χ3n) is 5.65. The number of rotatable bonds is 2. The van der Waals surface area contributed by atoms with Gasteiger partial charge >= 0.3 is 0 Å². The summed E-state index contributed by atoms with van der Waals surface area (Å²) in [4.78, 5) is 0. The van der Waals surface area contributed by atoms with E-state index >= 15 is 0 Å². The molecule has 0 heteroatoms. The Kier molecular flexibility index (Phi) is 3.75. The quantitative estimate of drug-likeness (QED) is 0.601. The molecule has 0 aliphatic heterocycles. The fraction of sp³-hybridized carbons (Fsp3) is 0.391. The number of hydrogen-bond donors (Lipinski definition) is 0. The zero-order valence-electron chi connectivity index (χ0n) is 15.2. The molecule has 0 fully saturated rings. The molecule has 0 heterocycles. The summed E-state index contributed by atoms with van der Waals surface area (Å²) >= 11 is 0. The van der Waals surface area contributed by atoms with Gasteiger partial charge in [-0.3, -0.25) is 0 Å². The molecule has 2 aromatic carbocycles. The highest BCUT2D eigenvalue weighted by atomic mass is 14.4. The molecule has 0 radical (unpaired) electrons. The van der Waals surface area contributed by atoms with E-state index in [2.05, 4.69) is 83.7 Å². The minimum atomic E-state index is 0.240. The molecule has 2 aromatic rings. The van der Waals surface area contributed by atoms with E-state index in [4.69, 9.17) is 0 Å². The van der Waals surface area contributed by atoms with Crippen LogP contribution in [0.5, 0.6) is 0 Å². The fourth-order valence-electron chi connectivity index (χ4n) is 3.84. The van der Waals surface area contributed by atoms with Crippen LogP contribution < -0.4 is 0 Å². The van der Waals surface area contributed by atoms with Crippen LogP contribution in [0.25, 0.3) is 5.57 Å². The predicted molar refractivity (Wildman–Crippen MR) is 101 cm³/mol. The fourth-order valence-corrected chi connectivity index (χ4v) is 3.84. The summed E-state index contributed by atoms with van der Waals surface area (Å²) in [5.41, 5.74) is 8.51. The smallest absolute Gasteiger partial charge is 0.0100 e. The molecule has 3 rings (SSSR count). The maximum absolute atomic E-state index is 4.39. The van der Waals surface area contributed by atoms with Gasteiger partial charge in [-0.05, 0) is 64.0 Å². The first kappa shape index (κ1) is 16.1. The summed E-state index contributed by atoms with van der Waals surface area (Å²) in [7, 11) is 0. The van der Waals surface area contributed by atoms with Crippen molar-refractivity contribution < 1.29 is 0 Å². The topological polar surface area (TPSA) is 0 Å². The summed E-state index contributed by atoms with van der Waals surface area (Å²) in [6.07, 6.45) is 2.50. The standard InChI is InChI=1S/C23H28/c1-16-14-20-21(23(5,6)13-12-22(20,3)4)15-19(16)17(2)18-10-8-7-9-11-18/h7-11,14-15H,2,12-13H2,1,3-6H3. The zero-order chi connectivity index (χ0) is 16.8. The minimum absolute atomic E-state index is 0.240. The van der Waals surface area contributed by atoms with Gasteiger partial charge in [-0.2, -0.15) is 0 Å². The Bertz CT molecular complexity index is 745. The first-order valence-electron chi connectivity index (χ1n) is 8.63. The van der Waals surface area contributed by atoms with Crippen molar-refractivity contribution in [2.45, 2.75) is 58.3 Å². The Labute approximate surface area is 141 Å². The van der Waals surface area contributed by atoms with E-state index in [0.29, 0.717) is 0 Å². The molecule has 1 aliphatic rings. The highest BCUT2D eigenvalue weighted by molar-refractivity contribution is 5.80. The Balaban J connectivity index is 2.17. The second-order valence-corrected chi connectivity index (χ2v) is 8.33. The van der Waals surface area contributed by atoms with E-state index < -0.39 is 0 Å². The normalized spacial score (nSPS) is 18.3. The van der Waals surface area contributed by atoms with Crippen LogP contribution in [0.1, 0.15) is 68.4 Å². The lowest BCUT2D eigenvalue weighted by atomic mass is 9.62. The van der Waals surface area contributed by atoms with E-state index in [1.807, 2.05) is 0 Å². The van der Waals surface area contributed by atoms with Gasteiger partial charge in [-0.1, -0.05) is 76.7 Å². The molecule has 0 saturated heterocycles. The maximum Gasteiger partial charge on any atom is -0.0100 e. The predicted octanol–water partition coefficient (Wildman–Crippen LogP) is 6.41. The highest BCUT2D eigenvalue weighted by Crippen LogP contribution is 2.47. The Morgan fingerprint density at radius 3 is 1.96 bits per heavy atom. The molecule has 0 saturated carbocycles. The van der Waals surface area contributed by atoms with Crippen LogP contribution in [0.2, 0.25) is 0 Å². The lowest BCUT2D eigenvalue weighted by Gasteiger charge is -2.42. The number of fused-ring (bicyclic) bond motifs is 1. The van der Waals surface area contributed by atoms with Crippen molar-refractivity contribution in [1.82, 2.24) is 0 Å². The lowest BCUT2D eigenvalue weighted by molar-refractivity contribution is 0.331. The number of hydrogen-bond acceptors (Lipinski definition) is 0. The Morgan fingerprint density at radius 2 is 1.39 bits per heavy atom. The number of benzene rings is 2. The first-order valence-corrected chi connectivity index (χ1v) is 8.63. The molecular weight excluding hydrogens is 276 g/mol. The van der Waals surface area contributed by atoms with Gasteiger partial charge in [0.25, 0.3) is 0 Å². The molecule has 120 valence electrons. The van der Waals surface area contributed by atoms with Gasteiger partial charge in [0.1, 0.15) is 0 Å². The second-order valence-electron chi connectivity index (χ2n) is 8.33. The van der Waals surface area contributed by atoms with Gasteiger partial charge in [-0.15, -0.1) is 0 Å². The lowest BCUT2D eigenvalue weighted by Crippen LogP contribution is -2.34. The molecular formula is C23H28. The van der Waals surface area contributed by atoms with Gasteiger partial charge < -0.3 is 0 Å². The van der Waals surface area contributed by atoms with Crippen LogP contribution >= 0.6 is 0 Å². The van der Waals surface area contributed by atoms with Crippen molar-refractivity contribution in [1.29, 1.82) is 0 Å². The third kappa shape index (κ3) is 2.76. The van der Waals surface area contributed by atoms with Gasteiger partial charge in [0.15, 0.2) is 0 Å². The van der Waals surface area contributed by atoms with E-state index in [-0.39, 0.29) is 10.8 Å². The summed E-state index contributed by atoms with van der Waals surface area (Å²) in [5, 5.41) is 0. The Morgan fingerprint density at radius 1 is 0.870 bits per heavy atom. The zero-order valence-corrected chi connectivity index (χ0v) is 15.2. The molecule has 0 spiro atoms. The molecule has 0 bridgehead atoms. The first-order chi connectivity index (χ1) is 10.7. The van der Waals surface area contributed by atoms with Gasteiger partial charge in [0.05, 0.1) is 0 Å². The maximum atomic E-state index is 4.39. The van der Waals surface area contributed by atoms with Crippen molar-refractivity contribution in [3.8, 4) is 0 Å². The van der Waals surface area contributed by atoms with Crippen LogP contribution in [0.4, 0.5) is 0 Å². The minimum Gasteiger partial charge on any atom is -0.0905 e. The Hall–Kier alpha value is -1.82. The highest BCUT2D eigenvalue weighted by Gasteiger charge is 2.37. The van der Waals surface area contributed by atoms with Crippen molar-refractivity contribution in [3.63, 3.8) is 0 Å². The molecule has 0 nitrogen and oxygen atoms in total. The van der Waals surface area contributed by atoms with Crippen LogP contribution in [0.3, 0.4) is 0 Å². The largest absolute Gasteiger partial charge is 0.0905 e. The molecule has 0 N–H and O–H groups in total. The van der Waals surface area contributed by atoms with Crippen LogP contribution in [0, 0.1) is 6.92 Å². The van der Waals surface area contributed by atoms with Crippen molar-refractivity contribution in [2.75, 3.05) is 0 Å². The average Bonchev–Trinajstić information content (AvgIpc) is 2.52. The third-order valence-corrected chi connectivity index (χ3v) is 5.65. The summed E-state index contributed by atoms with van der Waals surface area (Å²) in [5.74, 6) is 0. The molecule has 1 aliphatic carbocycles. The SMILES string of the molecule is C=C(c1ccccc1)c1cc2c(cc1C)C(C)(C)CCC2(C)C. The summed E-state index contributed by atoms with van der Waals surface area (Å²) < 4.78 is 0. The molecule has 0 unspecified atom stereocenters. The second kappa shape index (κ2) is 5.37. The average molecular weight is 304 g/mol. The van der Waals surface area contributed by atoms with Gasteiger partial charge in [-0.25, -0.2) is 0 Å². The molecule has 0 atom stereocenters. The van der Waals surface area contributed by atoms with Crippen LogP contribution in [-0.4, -0.2) is 0 Å². The summed E-state index contributed by atoms with van der Waals surface area (Å²) in [6.45, 7) is 16.1. The van der Waals surface area contributed by atoms with E-state index in [1.165, 1.54) is 40.7 Å². The van der Waals surface area contributed by atoms with Gasteiger partial charge in [0.2, 0.25) is 0 Å². The monoisotopic (exact) mass is 304 g/mol. The van der Waals surface area contributed by atoms with Crippen molar-refractivity contribution >= 4 is 5.57 Å². The van der Waals surface area contributed by atoms with Crippen molar-refractivity contribution in [3.05, 3.63) is 76.9 Å². The van der Waals surface area contributed by atoms with Crippen LogP contribution in [-0.2, 0) is 10.8 Å². The van der Waals surface area contributed by atoms with E-state index in [9.17, 15) is 0 Å². The van der Waals surface area contributed by atoms with E-state index in [1.54, 1.807) is 0 Å². The van der Waals surface area contributed by atoms with E-state index in [0.717, 1.165) is 5.57 Å². The molecule has 0 aromatic heterocycles. The molecule has 23 heavy (non-hydrogen) atoms. The van der Waals surface area contributed by atoms with Crippen molar-refractivity contribution in [2.24, 2.45) is 0 Å². The number of aryl methyl sites for hydroxylation is 1.